The first-order valence-electron chi connectivity index (χ1n) is 19.5. The average Bonchev–Trinajstić information content (AvgIpc) is 3.51. The molecule has 6 aromatic carbocycles. The number of benzene rings is 6. The predicted octanol–water partition coefficient (Wildman–Crippen LogP) is 14.1. The Bertz CT molecular complexity index is 2510. The Morgan fingerprint density at radius 3 is 1.61 bits per heavy atom. The molecule has 0 saturated carbocycles. The summed E-state index contributed by atoms with van der Waals surface area (Å²) < 4.78 is 0. The van der Waals surface area contributed by atoms with Gasteiger partial charge in [0.25, 0.3) is 0 Å². The summed E-state index contributed by atoms with van der Waals surface area (Å²) in [7, 11) is 0. The maximum Gasteiger partial charge on any atom is 0.0562 e. The van der Waals surface area contributed by atoms with Crippen molar-refractivity contribution in [1.82, 2.24) is 0 Å². The summed E-state index contributed by atoms with van der Waals surface area (Å²) in [6, 6.07) is 45.8. The molecule has 1 unspecified atom stereocenters. The minimum atomic E-state index is -0.168. The molecule has 0 aliphatic heterocycles. The molecule has 0 N–H and O–H groups in total. The van der Waals surface area contributed by atoms with E-state index >= 15 is 0 Å². The molecule has 0 amide bonds. The van der Waals surface area contributed by atoms with Crippen molar-refractivity contribution in [3.63, 3.8) is 0 Å². The van der Waals surface area contributed by atoms with Gasteiger partial charge in [-0.25, -0.2) is 0 Å². The van der Waals surface area contributed by atoms with Crippen LogP contribution in [0.3, 0.4) is 0 Å². The first-order chi connectivity index (χ1) is 25.9. The molecule has 0 spiro atoms. The molecule has 3 aliphatic rings. The molecule has 268 valence electrons. The minimum absolute atomic E-state index is 0.156. The number of rotatable bonds is 6. The minimum Gasteiger partial charge on any atom is -0.334 e. The molecule has 3 aliphatic carbocycles. The lowest BCUT2D eigenvalue weighted by Gasteiger charge is -2.35. The van der Waals surface area contributed by atoms with Crippen LogP contribution in [0, 0.1) is 20.8 Å². The lowest BCUT2D eigenvalue weighted by atomic mass is 9.79. The Hall–Kier alpha value is -5.60. The number of allylic oxidation sites excluding steroid dienone is 2. The van der Waals surface area contributed by atoms with Crippen LogP contribution < -0.4 is 9.80 Å². The summed E-state index contributed by atoms with van der Waals surface area (Å²) in [6.07, 6.45) is 7.85. The maximum absolute atomic E-state index is 2.56. The summed E-state index contributed by atoms with van der Waals surface area (Å²) in [4.78, 5) is 4.97. The number of nitrogens with zero attached hydrogens (tertiary/aromatic N) is 2. The first-order valence-corrected chi connectivity index (χ1v) is 19.5. The summed E-state index contributed by atoms with van der Waals surface area (Å²) in [5.41, 5.74) is 22.3. The molecule has 2 nitrogen and oxygen atoms in total. The molecule has 0 heterocycles. The molecule has 0 aromatic heterocycles. The molecule has 0 bridgehead atoms. The standard InChI is InChI=1S/C52H50N2/c1-33-17-15-23-39(25-33)53(37-19-11-9-12-20-37)41-27-35(3)49-43-31-46-44(32-45(43)51(5,6)47(49)29-41)50-36(4)28-42(30-48(50)52(46,7)8)54(38-21-13-10-14-22-38)40-24-16-18-34(2)26-40/h9-25,27-32,40H,26H2,1-8H3. The van der Waals surface area contributed by atoms with Crippen LogP contribution in [-0.4, -0.2) is 6.04 Å². The van der Waals surface area contributed by atoms with E-state index in [9.17, 15) is 0 Å². The van der Waals surface area contributed by atoms with Gasteiger partial charge in [0.2, 0.25) is 0 Å². The van der Waals surface area contributed by atoms with E-state index in [-0.39, 0.29) is 16.9 Å². The van der Waals surface area contributed by atoms with E-state index in [0.29, 0.717) is 0 Å². The number of aryl methyl sites for hydroxylation is 3. The Kier molecular flexibility index (Phi) is 7.91. The van der Waals surface area contributed by atoms with Crippen molar-refractivity contribution < 1.29 is 0 Å². The van der Waals surface area contributed by atoms with Gasteiger partial charge >= 0.3 is 0 Å². The van der Waals surface area contributed by atoms with Gasteiger partial charge in [-0.3, -0.25) is 0 Å². The molecule has 9 rings (SSSR count). The van der Waals surface area contributed by atoms with E-state index in [1.54, 1.807) is 0 Å². The molecule has 0 saturated heterocycles. The molecular weight excluding hydrogens is 653 g/mol. The largest absolute Gasteiger partial charge is 0.334 e. The Labute approximate surface area is 322 Å². The van der Waals surface area contributed by atoms with Crippen molar-refractivity contribution in [2.24, 2.45) is 0 Å². The van der Waals surface area contributed by atoms with Gasteiger partial charge in [-0.15, -0.1) is 0 Å². The molecule has 54 heavy (non-hydrogen) atoms. The van der Waals surface area contributed by atoms with E-state index in [4.69, 9.17) is 0 Å². The molecule has 1 atom stereocenters. The van der Waals surface area contributed by atoms with Crippen LogP contribution in [0.15, 0.2) is 145 Å². The van der Waals surface area contributed by atoms with Gasteiger partial charge in [0.15, 0.2) is 0 Å². The zero-order chi connectivity index (χ0) is 37.5. The predicted molar refractivity (Wildman–Crippen MR) is 230 cm³/mol. The third kappa shape index (κ3) is 5.29. The van der Waals surface area contributed by atoms with Crippen molar-refractivity contribution in [3.8, 4) is 22.3 Å². The van der Waals surface area contributed by atoms with E-state index < -0.39 is 0 Å². The van der Waals surface area contributed by atoms with Crippen molar-refractivity contribution >= 4 is 28.4 Å². The highest BCUT2D eigenvalue weighted by molar-refractivity contribution is 5.94. The summed E-state index contributed by atoms with van der Waals surface area (Å²) >= 11 is 0. The van der Waals surface area contributed by atoms with Crippen LogP contribution in [0.5, 0.6) is 0 Å². The number of hydrogen-bond donors (Lipinski definition) is 0. The smallest absolute Gasteiger partial charge is 0.0562 e. The van der Waals surface area contributed by atoms with Crippen LogP contribution in [0.25, 0.3) is 22.3 Å². The SMILES string of the molecule is CC1=CC=CC(N(c2ccccc2)c2cc(C)c3c(c2)C(C)(C)c2cc4c(cc2-3)C(C)(C)c2cc(N(c3ccccc3)c3cccc(C)c3)cc(C)c2-4)C1. The molecule has 0 fully saturated rings. The lowest BCUT2D eigenvalue weighted by molar-refractivity contribution is 0.651. The summed E-state index contributed by atoms with van der Waals surface area (Å²) in [6.45, 7) is 18.8. The van der Waals surface area contributed by atoms with Gasteiger partial charge in [0.05, 0.1) is 6.04 Å². The van der Waals surface area contributed by atoms with Gasteiger partial charge < -0.3 is 9.80 Å². The van der Waals surface area contributed by atoms with E-state index in [2.05, 4.69) is 205 Å². The zero-order valence-corrected chi connectivity index (χ0v) is 33.0. The monoisotopic (exact) mass is 702 g/mol. The Morgan fingerprint density at radius 1 is 0.500 bits per heavy atom. The highest BCUT2D eigenvalue weighted by atomic mass is 15.2. The van der Waals surface area contributed by atoms with Crippen molar-refractivity contribution in [2.75, 3.05) is 9.80 Å². The summed E-state index contributed by atoms with van der Waals surface area (Å²) in [5.74, 6) is 0. The number of fused-ring (bicyclic) bond motifs is 6. The van der Waals surface area contributed by atoms with E-state index in [1.807, 2.05) is 0 Å². The third-order valence-corrected chi connectivity index (χ3v) is 12.5. The van der Waals surface area contributed by atoms with Gasteiger partial charge in [0, 0.05) is 39.3 Å². The molecule has 0 radical (unpaired) electrons. The second kappa shape index (κ2) is 12.5. The fourth-order valence-corrected chi connectivity index (χ4v) is 9.75. The molecular formula is C52H50N2. The lowest BCUT2D eigenvalue weighted by Crippen LogP contribution is -2.31. The van der Waals surface area contributed by atoms with E-state index in [1.165, 1.54) is 95.2 Å². The van der Waals surface area contributed by atoms with Crippen molar-refractivity contribution in [3.05, 3.63) is 184 Å². The van der Waals surface area contributed by atoms with Crippen LogP contribution in [0.1, 0.15) is 80.0 Å². The van der Waals surface area contributed by atoms with Crippen LogP contribution >= 0.6 is 0 Å². The fraction of sp³-hybridized carbons (Fsp3) is 0.231. The number of anilines is 5. The highest BCUT2D eigenvalue weighted by Crippen LogP contribution is 2.58. The van der Waals surface area contributed by atoms with Crippen LogP contribution in [0.2, 0.25) is 0 Å². The highest BCUT2D eigenvalue weighted by Gasteiger charge is 2.43. The van der Waals surface area contributed by atoms with Crippen molar-refractivity contribution in [1.29, 1.82) is 0 Å². The number of hydrogen-bond acceptors (Lipinski definition) is 2. The second-order valence-corrected chi connectivity index (χ2v) is 16.9. The molecule has 2 heteroatoms. The third-order valence-electron chi connectivity index (χ3n) is 12.5. The average molecular weight is 703 g/mol. The normalized spacial score (nSPS) is 17.0. The zero-order valence-electron chi connectivity index (χ0n) is 33.0. The van der Waals surface area contributed by atoms with Gasteiger partial charge in [0.1, 0.15) is 0 Å². The first kappa shape index (κ1) is 34.2. The number of para-hydroxylation sites is 2. The van der Waals surface area contributed by atoms with Gasteiger partial charge in [-0.05, 0) is 168 Å². The van der Waals surface area contributed by atoms with Gasteiger partial charge in [-0.1, -0.05) is 100 Å². The van der Waals surface area contributed by atoms with E-state index in [0.717, 1.165) is 6.42 Å². The summed E-state index contributed by atoms with van der Waals surface area (Å²) in [5, 5.41) is 0. The topological polar surface area (TPSA) is 6.48 Å². The van der Waals surface area contributed by atoms with Gasteiger partial charge in [-0.2, -0.15) is 0 Å². The van der Waals surface area contributed by atoms with Crippen molar-refractivity contribution in [2.45, 2.75) is 78.7 Å². The maximum atomic E-state index is 2.56. The van der Waals surface area contributed by atoms with Crippen LogP contribution in [-0.2, 0) is 10.8 Å². The van der Waals surface area contributed by atoms with Crippen LogP contribution in [0.4, 0.5) is 28.4 Å². The fourth-order valence-electron chi connectivity index (χ4n) is 9.75. The quantitative estimate of drug-likeness (QED) is 0.170. The second-order valence-electron chi connectivity index (χ2n) is 16.9. The Balaban J connectivity index is 1.17. The Morgan fingerprint density at radius 2 is 1.04 bits per heavy atom. The molecule has 6 aromatic rings.